The summed E-state index contributed by atoms with van der Waals surface area (Å²) in [6.45, 7) is 0.940. The zero-order valence-corrected chi connectivity index (χ0v) is 35.2. The number of unbranched alkanes of at least 4 members (excludes halogenated alkanes) is 1. The fraction of sp³-hybridized carbons (Fsp3) is 0.514. The quantitative estimate of drug-likeness (QED) is 0.0451. The summed E-state index contributed by atoms with van der Waals surface area (Å²) in [7, 11) is 0. The normalized spacial score (nSPS) is 22.7. The molecule has 3 saturated heterocycles. The second-order valence-electron chi connectivity index (χ2n) is 14.4. The Morgan fingerprint density at radius 3 is 2.16 bits per heavy atom. The number of benzene rings is 1. The van der Waals surface area contributed by atoms with Crippen LogP contribution in [0.15, 0.2) is 36.4 Å². The van der Waals surface area contributed by atoms with E-state index in [0.717, 1.165) is 61.8 Å². The van der Waals surface area contributed by atoms with E-state index in [1.54, 1.807) is 4.90 Å². The molecule has 4 atom stereocenters. The van der Waals surface area contributed by atoms with E-state index in [1.165, 1.54) is 4.90 Å². The third-order valence-corrected chi connectivity index (χ3v) is 14.4. The van der Waals surface area contributed by atoms with Crippen molar-refractivity contribution < 1.29 is 54.9 Å². The van der Waals surface area contributed by atoms with Gasteiger partial charge in [0, 0.05) is 36.1 Å². The Kier molecular flexibility index (Phi) is 14.9. The Hall–Kier alpha value is -4.83. The molecule has 0 aromatic heterocycles. The molecule has 1 aromatic rings. The SMILES string of the molecule is N[C]1=[Os]=[C](Nc2ccc(CNC(=O)CCCC[C@@H]3SC[C@@H]4NC(=O)N[C@@H]43)cc2)N[C@H](C(=O)NCC(=O)N2CCN(C(=O)CNC(=O)CCN3C(=O)C=CC3=O)CC2)C1. The molecule has 0 saturated carbocycles. The van der Waals surface area contributed by atoms with Crippen molar-refractivity contribution in [1.82, 2.24) is 46.6 Å². The summed E-state index contributed by atoms with van der Waals surface area (Å²) in [4.78, 5) is 102. The van der Waals surface area contributed by atoms with Gasteiger partial charge < -0.3 is 16.0 Å². The monoisotopic (exact) mass is 999 g/mol. The number of carbonyl (C=O) groups is 8. The van der Waals surface area contributed by atoms with E-state index in [-0.39, 0.29) is 94.0 Å². The van der Waals surface area contributed by atoms with Gasteiger partial charge >= 0.3 is 212 Å². The van der Waals surface area contributed by atoms with Crippen molar-refractivity contribution in [3.63, 3.8) is 0 Å². The van der Waals surface area contributed by atoms with Gasteiger partial charge in [-0.3, -0.25) is 24.1 Å². The van der Waals surface area contributed by atoms with Crippen LogP contribution in [0.1, 0.15) is 44.1 Å². The van der Waals surface area contributed by atoms with Gasteiger partial charge in [-0.25, -0.2) is 4.79 Å². The summed E-state index contributed by atoms with van der Waals surface area (Å²) in [5.74, 6) is -1.47. The van der Waals surface area contributed by atoms with Crippen molar-refractivity contribution in [2.45, 2.75) is 68.4 Å². The molecule has 5 aliphatic heterocycles. The molecule has 21 heteroatoms. The molecule has 5 heterocycles. The van der Waals surface area contributed by atoms with Crippen LogP contribution in [0.2, 0.25) is 0 Å². The van der Waals surface area contributed by atoms with Crippen molar-refractivity contribution in [3.8, 4) is 0 Å². The third-order valence-electron chi connectivity index (χ3n) is 10.3. The number of urea groups is 1. The van der Waals surface area contributed by atoms with E-state index in [0.29, 0.717) is 24.6 Å². The Morgan fingerprint density at radius 1 is 0.810 bits per heavy atom. The fourth-order valence-corrected chi connectivity index (χ4v) is 11.3. The second-order valence-corrected chi connectivity index (χ2v) is 19.2. The molecular formula is C37H49N11O8OsS. The molecule has 5 aliphatic rings. The van der Waals surface area contributed by atoms with Gasteiger partial charge in [-0.2, -0.15) is 11.8 Å². The van der Waals surface area contributed by atoms with Crippen LogP contribution in [-0.4, -0.2) is 146 Å². The molecule has 19 nitrogen and oxygen atoms in total. The average Bonchev–Trinajstić information content (AvgIpc) is 3.88. The Bertz CT molecular complexity index is 1880. The van der Waals surface area contributed by atoms with E-state index in [1.807, 2.05) is 36.0 Å². The first kappa shape index (κ1) is 42.8. The number of piperazine rings is 1. The minimum atomic E-state index is -1.02. The van der Waals surface area contributed by atoms with Gasteiger partial charge in [0.15, 0.2) is 0 Å². The zero-order chi connectivity index (χ0) is 41.2. The van der Waals surface area contributed by atoms with Crippen molar-refractivity contribution in [3.05, 3.63) is 42.0 Å². The van der Waals surface area contributed by atoms with E-state index >= 15 is 0 Å². The summed E-state index contributed by atoms with van der Waals surface area (Å²) < 4.78 is 1.52. The maximum atomic E-state index is 13.1. The van der Waals surface area contributed by atoms with Gasteiger partial charge in [0.25, 0.3) is 11.8 Å². The minimum absolute atomic E-state index is 0.000596. The van der Waals surface area contributed by atoms with E-state index < -0.39 is 40.3 Å². The van der Waals surface area contributed by atoms with E-state index in [4.69, 9.17) is 5.73 Å². The number of carbonyl (C=O) groups excluding carboxylic acids is 8. The number of hydrogen-bond donors (Lipinski definition) is 8. The Morgan fingerprint density at radius 2 is 1.47 bits per heavy atom. The average molecular weight is 998 g/mol. The van der Waals surface area contributed by atoms with E-state index in [2.05, 4.69) is 37.2 Å². The molecule has 0 radical (unpaired) electrons. The van der Waals surface area contributed by atoms with Crippen molar-refractivity contribution >= 4 is 73.3 Å². The van der Waals surface area contributed by atoms with Crippen molar-refractivity contribution in [1.29, 1.82) is 0 Å². The van der Waals surface area contributed by atoms with Gasteiger partial charge in [0.1, 0.15) is 0 Å². The zero-order valence-electron chi connectivity index (χ0n) is 31.8. The van der Waals surface area contributed by atoms with Crippen LogP contribution in [0.25, 0.3) is 0 Å². The summed E-state index contributed by atoms with van der Waals surface area (Å²) in [5, 5.41) is 21.1. The fourth-order valence-electron chi connectivity index (χ4n) is 7.02. The summed E-state index contributed by atoms with van der Waals surface area (Å²) in [5.41, 5.74) is 8.03. The number of hydrogen-bond acceptors (Lipinski definition) is 12. The van der Waals surface area contributed by atoms with Gasteiger partial charge in [0.2, 0.25) is 5.91 Å². The van der Waals surface area contributed by atoms with Crippen LogP contribution in [-0.2, 0) is 56.6 Å². The summed E-state index contributed by atoms with van der Waals surface area (Å²) >= 11 is 0.858. The van der Waals surface area contributed by atoms with Crippen LogP contribution in [0, 0.1) is 0 Å². The predicted octanol–water partition coefficient (Wildman–Crippen LogP) is -2.72. The number of anilines is 1. The van der Waals surface area contributed by atoms with Crippen molar-refractivity contribution in [2.75, 3.05) is 56.9 Å². The molecular weight excluding hydrogens is 949 g/mol. The number of nitrogens with one attached hydrogen (secondary N) is 7. The Balaban J connectivity index is 0.833. The van der Waals surface area contributed by atoms with Crippen molar-refractivity contribution in [2.24, 2.45) is 5.73 Å². The molecule has 6 rings (SSSR count). The molecule has 3 fully saturated rings. The molecule has 9 N–H and O–H groups in total. The van der Waals surface area contributed by atoms with Crippen LogP contribution < -0.4 is 43.0 Å². The first-order valence-electron chi connectivity index (χ1n) is 19.2. The molecule has 0 spiro atoms. The third kappa shape index (κ3) is 11.9. The second kappa shape index (κ2) is 20.2. The number of fused-ring (bicyclic) bond motifs is 1. The number of nitrogens with zero attached hydrogens (tertiary/aromatic N) is 3. The van der Waals surface area contributed by atoms with Gasteiger partial charge in [-0.1, -0.05) is 0 Å². The topological polar surface area (TPSA) is 257 Å². The maximum absolute atomic E-state index is 13.1. The number of imide groups is 1. The first-order chi connectivity index (χ1) is 27.9. The molecule has 58 heavy (non-hydrogen) atoms. The standard InChI is InChI=1S/C37H49N11O8S.Os/c38-13-11-26(36(55)41-21-34(54)47-17-15-46(16-18-47)33(53)20-40-30(50)12-14-48-31(51)9-10-32(48)52)43-23-42-25-7-5-24(6-8-25)19-39-29(49)4-2-1-3-28-35-27(22-57-28)44-37(56)45-35;/h5-10,26-28,35,42-43H,1-4,11-12,14-22,38H2,(H,39,49)(H,40,50)(H,41,55)(H2,44,45,56);/t26-,27-,28-,35-;/m0./s1. The Labute approximate surface area is 346 Å². The summed E-state index contributed by atoms with van der Waals surface area (Å²) in [6.07, 6.45) is 5.65. The number of amides is 9. The number of thioether (sulfide) groups is 1. The first-order valence-corrected chi connectivity index (χ1v) is 22.8. The van der Waals surface area contributed by atoms with Crippen LogP contribution >= 0.6 is 11.8 Å². The molecule has 1 aromatic carbocycles. The molecule has 0 bridgehead atoms. The molecule has 314 valence electrons. The van der Waals surface area contributed by atoms with Crippen LogP contribution in [0.4, 0.5) is 10.5 Å². The molecule has 9 amide bonds. The molecule has 0 aliphatic carbocycles. The molecule has 0 unspecified atom stereocenters. The number of rotatable bonds is 17. The van der Waals surface area contributed by atoms with Gasteiger partial charge in [0.05, 0.1) is 18.6 Å². The van der Waals surface area contributed by atoms with E-state index in [9.17, 15) is 38.4 Å². The number of nitrogens with two attached hydrogens (primary N) is 1. The van der Waals surface area contributed by atoms with Gasteiger partial charge in [-0.15, -0.1) is 0 Å². The van der Waals surface area contributed by atoms with Gasteiger partial charge in [-0.05, 0) is 6.42 Å². The van der Waals surface area contributed by atoms with Crippen LogP contribution in [0.5, 0.6) is 0 Å². The summed E-state index contributed by atoms with van der Waals surface area (Å²) in [6, 6.07) is 7.29. The predicted molar refractivity (Wildman–Crippen MR) is 211 cm³/mol. The van der Waals surface area contributed by atoms with Crippen LogP contribution in [0.3, 0.4) is 0 Å².